The van der Waals surface area contributed by atoms with Crippen LogP contribution in [0.2, 0.25) is 0 Å². The van der Waals surface area contributed by atoms with Gasteiger partial charge in [-0.1, -0.05) is 0 Å². The molecule has 0 aliphatic carbocycles. The summed E-state index contributed by atoms with van der Waals surface area (Å²) in [6, 6.07) is 9.23. The summed E-state index contributed by atoms with van der Waals surface area (Å²) in [5.74, 6) is 0.292. The van der Waals surface area contributed by atoms with Crippen LogP contribution in [-0.2, 0) is 15.7 Å². The highest BCUT2D eigenvalue weighted by Crippen LogP contribution is 2.30. The molecule has 0 saturated heterocycles. The van der Waals surface area contributed by atoms with Crippen molar-refractivity contribution in [3.63, 3.8) is 0 Å². The minimum absolute atomic E-state index is 0.0141. The first-order chi connectivity index (χ1) is 12.8. The first-order valence-electron chi connectivity index (χ1n) is 7.73. The highest BCUT2D eigenvalue weighted by Gasteiger charge is 2.31. The highest BCUT2D eigenvalue weighted by molar-refractivity contribution is 6.12. The predicted octanol–water partition coefficient (Wildman–Crippen LogP) is 4.07. The van der Waals surface area contributed by atoms with Gasteiger partial charge in [0.1, 0.15) is 11.5 Å². The van der Waals surface area contributed by atoms with Crippen molar-refractivity contribution in [2.75, 3.05) is 14.2 Å². The molecule has 0 radical (unpaired) electrons. The van der Waals surface area contributed by atoms with Gasteiger partial charge in [0.25, 0.3) is 0 Å². The van der Waals surface area contributed by atoms with Crippen LogP contribution in [0.25, 0.3) is 6.08 Å². The van der Waals surface area contributed by atoms with Crippen molar-refractivity contribution in [3.8, 4) is 11.5 Å². The Balaban J connectivity index is 1.91. The summed E-state index contributed by atoms with van der Waals surface area (Å²) < 4.78 is 53.3. The van der Waals surface area contributed by atoms with Gasteiger partial charge in [-0.2, -0.15) is 13.2 Å². The number of methoxy groups -OCH3 is 2. The highest BCUT2D eigenvalue weighted by atomic mass is 19.4. The topological polar surface area (TPSA) is 57.1 Å². The van der Waals surface area contributed by atoms with Crippen LogP contribution in [0.15, 0.2) is 53.2 Å². The number of hydrogen-bond donors (Lipinski definition) is 0. The maximum absolute atomic E-state index is 12.6. The maximum Gasteiger partial charge on any atom is 0.416 e. The van der Waals surface area contributed by atoms with E-state index in [9.17, 15) is 18.0 Å². The van der Waals surface area contributed by atoms with Crippen LogP contribution in [0.5, 0.6) is 11.5 Å². The molecule has 0 unspecified atom stereocenters. The Labute approximate surface area is 152 Å². The van der Waals surface area contributed by atoms with Crippen LogP contribution in [0.3, 0.4) is 0 Å². The fourth-order valence-corrected chi connectivity index (χ4v) is 2.41. The third kappa shape index (κ3) is 4.11. The molecule has 0 spiro atoms. The SMILES string of the molecule is COc1cc(C=C2N=C(c3ccc(C(F)(F)F)cc3)OC2=O)cc(OC)c1. The van der Waals surface area contributed by atoms with Gasteiger partial charge in [0, 0.05) is 11.6 Å². The van der Waals surface area contributed by atoms with Gasteiger partial charge in [-0.05, 0) is 48.0 Å². The largest absolute Gasteiger partial charge is 0.497 e. The van der Waals surface area contributed by atoms with E-state index in [0.29, 0.717) is 17.1 Å². The fourth-order valence-electron chi connectivity index (χ4n) is 2.41. The number of halogens is 3. The van der Waals surface area contributed by atoms with Crippen LogP contribution in [0, 0.1) is 0 Å². The van der Waals surface area contributed by atoms with Crippen molar-refractivity contribution in [1.82, 2.24) is 0 Å². The van der Waals surface area contributed by atoms with Crippen LogP contribution in [-0.4, -0.2) is 26.1 Å². The van der Waals surface area contributed by atoms with E-state index in [1.165, 1.54) is 32.4 Å². The molecule has 0 N–H and O–H groups in total. The smallest absolute Gasteiger partial charge is 0.416 e. The van der Waals surface area contributed by atoms with Gasteiger partial charge in [-0.25, -0.2) is 9.79 Å². The number of esters is 1. The van der Waals surface area contributed by atoms with Crippen LogP contribution < -0.4 is 9.47 Å². The number of aliphatic imine (C=N–C) groups is 1. The molecule has 2 aromatic rings. The molecule has 0 atom stereocenters. The lowest BCUT2D eigenvalue weighted by atomic mass is 10.1. The number of benzene rings is 2. The second-order valence-electron chi connectivity index (χ2n) is 5.56. The monoisotopic (exact) mass is 377 g/mol. The van der Waals surface area contributed by atoms with Crippen LogP contribution in [0.1, 0.15) is 16.7 Å². The standard InChI is InChI=1S/C19H14F3NO4/c1-25-14-7-11(8-15(10-14)26-2)9-16-18(24)27-17(23-16)12-3-5-13(6-4-12)19(20,21)22/h3-10H,1-2H3. The van der Waals surface area contributed by atoms with Crippen LogP contribution in [0.4, 0.5) is 13.2 Å². The summed E-state index contributed by atoms with van der Waals surface area (Å²) in [5, 5.41) is 0. The zero-order chi connectivity index (χ0) is 19.6. The summed E-state index contributed by atoms with van der Waals surface area (Å²) >= 11 is 0. The second kappa shape index (κ2) is 7.14. The Morgan fingerprint density at radius 2 is 1.59 bits per heavy atom. The lowest BCUT2D eigenvalue weighted by Gasteiger charge is -2.06. The average Bonchev–Trinajstić information content (AvgIpc) is 3.01. The molecule has 0 saturated carbocycles. The molecule has 8 heteroatoms. The molecule has 27 heavy (non-hydrogen) atoms. The molecule has 1 heterocycles. The number of cyclic esters (lactones) is 1. The van der Waals surface area contributed by atoms with E-state index in [0.717, 1.165) is 12.1 Å². The summed E-state index contributed by atoms with van der Waals surface area (Å²) in [6.07, 6.45) is -2.96. The minimum Gasteiger partial charge on any atom is -0.497 e. The number of hydrogen-bond acceptors (Lipinski definition) is 5. The molecule has 1 aliphatic rings. The number of ether oxygens (including phenoxy) is 3. The fraction of sp³-hybridized carbons (Fsp3) is 0.158. The van der Waals surface area contributed by atoms with Gasteiger partial charge in [0.15, 0.2) is 5.70 Å². The number of carbonyl (C=O) groups excluding carboxylic acids is 1. The molecule has 0 amide bonds. The van der Waals surface area contributed by atoms with Crippen molar-refractivity contribution in [2.24, 2.45) is 4.99 Å². The maximum atomic E-state index is 12.6. The molecule has 0 fully saturated rings. The molecule has 0 bridgehead atoms. The van der Waals surface area contributed by atoms with E-state index < -0.39 is 17.7 Å². The minimum atomic E-state index is -4.44. The van der Waals surface area contributed by atoms with Crippen molar-refractivity contribution >= 4 is 17.9 Å². The number of alkyl halides is 3. The number of carbonyl (C=O) groups is 1. The van der Waals surface area contributed by atoms with Crippen molar-refractivity contribution in [2.45, 2.75) is 6.18 Å². The van der Waals surface area contributed by atoms with Gasteiger partial charge < -0.3 is 14.2 Å². The van der Waals surface area contributed by atoms with Crippen molar-refractivity contribution in [3.05, 3.63) is 64.9 Å². The molecular formula is C19H14F3NO4. The first-order valence-corrected chi connectivity index (χ1v) is 7.73. The van der Waals surface area contributed by atoms with Gasteiger partial charge in [0.05, 0.1) is 19.8 Å². The molecule has 3 rings (SSSR count). The summed E-state index contributed by atoms with van der Waals surface area (Å²) in [6.45, 7) is 0. The molecule has 140 valence electrons. The zero-order valence-electron chi connectivity index (χ0n) is 14.3. The normalized spacial score (nSPS) is 15.5. The zero-order valence-corrected chi connectivity index (χ0v) is 14.3. The van der Waals surface area contributed by atoms with Gasteiger partial charge in [0.2, 0.25) is 5.90 Å². The van der Waals surface area contributed by atoms with Gasteiger partial charge >= 0.3 is 12.1 Å². The van der Waals surface area contributed by atoms with E-state index in [1.807, 2.05) is 0 Å². The number of rotatable bonds is 4. The molecule has 2 aromatic carbocycles. The van der Waals surface area contributed by atoms with E-state index in [1.54, 1.807) is 18.2 Å². The Morgan fingerprint density at radius 1 is 1.00 bits per heavy atom. The Bertz CT molecular complexity index is 909. The Hall–Kier alpha value is -3.29. The quantitative estimate of drug-likeness (QED) is 0.595. The second-order valence-corrected chi connectivity index (χ2v) is 5.56. The summed E-state index contributed by atoms with van der Waals surface area (Å²) in [5.41, 5.74) is 0.0779. The van der Waals surface area contributed by atoms with E-state index in [4.69, 9.17) is 14.2 Å². The molecule has 0 aromatic heterocycles. The van der Waals surface area contributed by atoms with Crippen molar-refractivity contribution < 1.29 is 32.2 Å². The van der Waals surface area contributed by atoms with Gasteiger partial charge in [-0.3, -0.25) is 0 Å². The third-order valence-corrected chi connectivity index (χ3v) is 3.76. The lowest BCUT2D eigenvalue weighted by Crippen LogP contribution is -2.08. The van der Waals surface area contributed by atoms with E-state index in [2.05, 4.69) is 4.99 Å². The Morgan fingerprint density at radius 3 is 2.11 bits per heavy atom. The summed E-state index contributed by atoms with van der Waals surface area (Å²) in [7, 11) is 2.99. The van der Waals surface area contributed by atoms with Crippen LogP contribution >= 0.6 is 0 Å². The molecular weight excluding hydrogens is 363 g/mol. The Kier molecular flexibility index (Phi) is 4.89. The first kappa shape index (κ1) is 18.5. The number of nitrogens with zero attached hydrogens (tertiary/aromatic N) is 1. The molecule has 5 nitrogen and oxygen atoms in total. The molecule has 1 aliphatic heterocycles. The predicted molar refractivity (Wildman–Crippen MR) is 91.6 cm³/mol. The average molecular weight is 377 g/mol. The third-order valence-electron chi connectivity index (χ3n) is 3.76. The van der Waals surface area contributed by atoms with Crippen molar-refractivity contribution in [1.29, 1.82) is 0 Å². The van der Waals surface area contributed by atoms with E-state index in [-0.39, 0.29) is 17.2 Å². The lowest BCUT2D eigenvalue weighted by molar-refractivity contribution is -0.137. The van der Waals surface area contributed by atoms with E-state index >= 15 is 0 Å². The summed E-state index contributed by atoms with van der Waals surface area (Å²) in [4.78, 5) is 16.1. The van der Waals surface area contributed by atoms with Gasteiger partial charge in [-0.15, -0.1) is 0 Å².